The lowest BCUT2D eigenvalue weighted by Crippen LogP contribution is -2.64. The molecule has 6 nitrogen and oxygen atoms in total. The summed E-state index contributed by atoms with van der Waals surface area (Å²) >= 11 is 0. The monoisotopic (exact) mass is 390 g/mol. The fourth-order valence-corrected chi connectivity index (χ4v) is 4.60. The number of fused-ring (bicyclic) bond motifs is 1. The van der Waals surface area contributed by atoms with E-state index in [1.807, 2.05) is 30.3 Å². The van der Waals surface area contributed by atoms with E-state index in [0.29, 0.717) is 6.61 Å². The van der Waals surface area contributed by atoms with Crippen LogP contribution in [0.3, 0.4) is 0 Å². The predicted octanol–water partition coefficient (Wildman–Crippen LogP) is 2.32. The molecule has 3 aliphatic rings. The summed E-state index contributed by atoms with van der Waals surface area (Å²) in [4.78, 5) is 0. The number of hydrogen-bond donors (Lipinski definition) is 2. The second-order valence-corrected chi connectivity index (χ2v) is 7.97. The van der Waals surface area contributed by atoms with E-state index in [2.05, 4.69) is 6.58 Å². The van der Waals surface area contributed by atoms with Gasteiger partial charge in [-0.15, -0.1) is 6.58 Å². The van der Waals surface area contributed by atoms with Crippen molar-refractivity contribution in [2.45, 2.75) is 81.1 Å². The van der Waals surface area contributed by atoms with Crippen LogP contribution in [0, 0.1) is 0 Å². The molecule has 0 bridgehead atoms. The molecule has 3 fully saturated rings. The highest BCUT2D eigenvalue weighted by Crippen LogP contribution is 2.46. The quantitative estimate of drug-likeness (QED) is 0.726. The molecule has 2 saturated carbocycles. The normalized spacial score (nSPS) is 36.9. The molecule has 1 saturated heterocycles. The highest BCUT2D eigenvalue weighted by molar-refractivity contribution is 5.14. The highest BCUT2D eigenvalue weighted by Gasteiger charge is 2.61. The molecule has 2 aliphatic carbocycles. The maximum absolute atomic E-state index is 10.8. The molecular weight excluding hydrogens is 360 g/mol. The van der Waals surface area contributed by atoms with E-state index in [4.69, 9.17) is 18.9 Å². The van der Waals surface area contributed by atoms with Crippen LogP contribution in [0.1, 0.15) is 37.7 Å². The molecule has 1 aromatic rings. The molecule has 1 aromatic carbocycles. The molecule has 6 atom stereocenters. The Hall–Kier alpha value is -1.28. The van der Waals surface area contributed by atoms with E-state index >= 15 is 0 Å². The van der Waals surface area contributed by atoms with E-state index in [0.717, 1.165) is 31.2 Å². The first-order valence-electron chi connectivity index (χ1n) is 10.2. The van der Waals surface area contributed by atoms with Gasteiger partial charge in [0.05, 0.1) is 13.2 Å². The van der Waals surface area contributed by atoms with E-state index in [1.165, 1.54) is 6.42 Å². The van der Waals surface area contributed by atoms with Crippen molar-refractivity contribution >= 4 is 0 Å². The molecule has 1 spiro atoms. The van der Waals surface area contributed by atoms with Gasteiger partial charge in [0.2, 0.25) is 0 Å². The van der Waals surface area contributed by atoms with Crippen LogP contribution in [0.5, 0.6) is 0 Å². The van der Waals surface area contributed by atoms with Crippen molar-refractivity contribution in [2.75, 3.05) is 6.61 Å². The van der Waals surface area contributed by atoms with Crippen LogP contribution in [-0.2, 0) is 25.6 Å². The number of benzene rings is 1. The lowest BCUT2D eigenvalue weighted by atomic mass is 9.84. The molecule has 4 rings (SSSR count). The van der Waals surface area contributed by atoms with Crippen LogP contribution in [0.25, 0.3) is 0 Å². The third-order valence-corrected chi connectivity index (χ3v) is 6.00. The van der Waals surface area contributed by atoms with Gasteiger partial charge >= 0.3 is 0 Å². The van der Waals surface area contributed by atoms with Crippen LogP contribution in [0.2, 0.25) is 0 Å². The smallest absolute Gasteiger partial charge is 0.169 e. The van der Waals surface area contributed by atoms with Gasteiger partial charge in [-0.1, -0.05) is 42.8 Å². The van der Waals surface area contributed by atoms with Crippen molar-refractivity contribution in [1.82, 2.24) is 0 Å². The van der Waals surface area contributed by atoms with E-state index < -0.39 is 42.4 Å². The SMILES string of the molecule is C=CCO[C@@H]1[C@@H](O)[C@H](O)[C@H](OCc2ccccc2)[C@H]2OC3(CCCCC3)O[C@@H]21. The van der Waals surface area contributed by atoms with Gasteiger partial charge in [0, 0.05) is 12.8 Å². The summed E-state index contributed by atoms with van der Waals surface area (Å²) in [6, 6.07) is 9.76. The van der Waals surface area contributed by atoms with Crippen molar-refractivity contribution in [1.29, 1.82) is 0 Å². The van der Waals surface area contributed by atoms with Gasteiger partial charge in [-0.2, -0.15) is 0 Å². The molecule has 0 unspecified atom stereocenters. The first-order chi connectivity index (χ1) is 13.6. The first-order valence-corrected chi connectivity index (χ1v) is 10.2. The van der Waals surface area contributed by atoms with Crippen molar-refractivity contribution in [3.05, 3.63) is 48.6 Å². The van der Waals surface area contributed by atoms with Crippen molar-refractivity contribution in [3.8, 4) is 0 Å². The minimum Gasteiger partial charge on any atom is -0.387 e. The zero-order valence-electron chi connectivity index (χ0n) is 16.1. The fourth-order valence-electron chi connectivity index (χ4n) is 4.60. The summed E-state index contributed by atoms with van der Waals surface area (Å²) in [7, 11) is 0. The van der Waals surface area contributed by atoms with Crippen molar-refractivity contribution < 1.29 is 29.2 Å². The summed E-state index contributed by atoms with van der Waals surface area (Å²) in [5.74, 6) is -0.665. The lowest BCUT2D eigenvalue weighted by Gasteiger charge is -2.42. The molecule has 28 heavy (non-hydrogen) atoms. The van der Waals surface area contributed by atoms with E-state index in [9.17, 15) is 10.2 Å². The predicted molar refractivity (Wildman–Crippen MR) is 103 cm³/mol. The number of hydrogen-bond acceptors (Lipinski definition) is 6. The van der Waals surface area contributed by atoms with Gasteiger partial charge in [0.15, 0.2) is 5.79 Å². The van der Waals surface area contributed by atoms with Gasteiger partial charge < -0.3 is 29.2 Å². The van der Waals surface area contributed by atoms with Crippen molar-refractivity contribution in [2.24, 2.45) is 0 Å². The lowest BCUT2D eigenvalue weighted by molar-refractivity contribution is -0.219. The first kappa shape index (κ1) is 20.0. The molecule has 2 N–H and O–H groups in total. The summed E-state index contributed by atoms with van der Waals surface area (Å²) in [6.45, 7) is 4.26. The largest absolute Gasteiger partial charge is 0.387 e. The molecule has 0 aromatic heterocycles. The van der Waals surface area contributed by atoms with Crippen molar-refractivity contribution in [3.63, 3.8) is 0 Å². The Bertz CT molecular complexity index is 644. The molecule has 1 heterocycles. The second-order valence-electron chi connectivity index (χ2n) is 7.97. The minimum atomic E-state index is -1.12. The van der Waals surface area contributed by atoms with Crippen LogP contribution in [-0.4, -0.2) is 59.2 Å². The van der Waals surface area contributed by atoms with Crippen LogP contribution in [0.4, 0.5) is 0 Å². The number of ether oxygens (including phenoxy) is 4. The van der Waals surface area contributed by atoms with Crippen LogP contribution in [0.15, 0.2) is 43.0 Å². The summed E-state index contributed by atoms with van der Waals surface area (Å²) < 4.78 is 24.6. The average Bonchev–Trinajstić information content (AvgIpc) is 3.07. The fraction of sp³-hybridized carbons (Fsp3) is 0.636. The number of aliphatic hydroxyl groups excluding tert-OH is 2. The molecule has 0 amide bonds. The molecule has 1 aliphatic heterocycles. The number of aliphatic hydroxyl groups is 2. The summed E-state index contributed by atoms with van der Waals surface area (Å²) in [5, 5.41) is 21.5. The molecule has 6 heteroatoms. The van der Waals surface area contributed by atoms with Crippen LogP contribution < -0.4 is 0 Å². The van der Waals surface area contributed by atoms with Gasteiger partial charge in [0.1, 0.15) is 36.6 Å². The topological polar surface area (TPSA) is 77.4 Å². The van der Waals surface area contributed by atoms with Gasteiger partial charge in [-0.25, -0.2) is 0 Å². The van der Waals surface area contributed by atoms with Gasteiger partial charge in [-0.05, 0) is 18.4 Å². The molecule has 154 valence electrons. The third-order valence-electron chi connectivity index (χ3n) is 6.00. The highest BCUT2D eigenvalue weighted by atomic mass is 16.8. The summed E-state index contributed by atoms with van der Waals surface area (Å²) in [6.07, 6.45) is 1.89. The maximum atomic E-state index is 10.8. The zero-order valence-corrected chi connectivity index (χ0v) is 16.1. The Morgan fingerprint density at radius 1 is 0.964 bits per heavy atom. The minimum absolute atomic E-state index is 0.267. The second kappa shape index (κ2) is 8.61. The standard InChI is InChI=1S/C22H30O6/c1-2-13-25-18-16(23)17(24)19(26-14-15-9-5-3-6-10-15)21-20(18)27-22(28-21)11-7-4-8-12-22/h2-3,5-6,9-10,16-21,23-24H,1,4,7-8,11-14H2/t16-,17-,18+,19-,20+,21+/m0/s1. The summed E-state index contributed by atoms with van der Waals surface area (Å²) in [5.41, 5.74) is 0.997. The zero-order chi connectivity index (χ0) is 19.6. The Morgan fingerprint density at radius 2 is 1.57 bits per heavy atom. The van der Waals surface area contributed by atoms with Gasteiger partial charge in [0.25, 0.3) is 0 Å². The maximum Gasteiger partial charge on any atom is 0.169 e. The van der Waals surface area contributed by atoms with E-state index in [-0.39, 0.29) is 6.61 Å². The van der Waals surface area contributed by atoms with Gasteiger partial charge in [-0.3, -0.25) is 0 Å². The average molecular weight is 390 g/mol. The molecular formula is C22H30O6. The Kier molecular flexibility index (Phi) is 6.16. The third kappa shape index (κ3) is 3.90. The number of rotatable bonds is 6. The Morgan fingerprint density at radius 3 is 2.18 bits per heavy atom. The van der Waals surface area contributed by atoms with E-state index in [1.54, 1.807) is 6.08 Å². The molecule has 0 radical (unpaired) electrons. The Labute approximate surface area is 166 Å². The Balaban J connectivity index is 1.55. The van der Waals surface area contributed by atoms with Crippen LogP contribution >= 0.6 is 0 Å².